The van der Waals surface area contributed by atoms with E-state index in [1.165, 1.54) is 36.0 Å². The third-order valence-electron chi connectivity index (χ3n) is 3.18. The number of aliphatic hydroxyl groups excluding tert-OH is 1. The molecule has 176 valence electrons. The van der Waals surface area contributed by atoms with Gasteiger partial charge in [-0.3, -0.25) is 0 Å². The molecule has 1 atom stereocenters. The van der Waals surface area contributed by atoms with Crippen LogP contribution in [0.25, 0.3) is 0 Å². The molecule has 0 aromatic heterocycles. The van der Waals surface area contributed by atoms with Crippen LogP contribution in [-0.2, 0) is 44.7 Å². The van der Waals surface area contributed by atoms with Gasteiger partial charge in [-0.25, -0.2) is 33.7 Å². The van der Waals surface area contributed by atoms with Crippen LogP contribution in [0.15, 0.2) is 29.2 Å². The minimum Gasteiger partial charge on any atom is -0.748 e. The van der Waals surface area contributed by atoms with Crippen LogP contribution in [0.2, 0.25) is 0 Å². The van der Waals surface area contributed by atoms with E-state index in [0.29, 0.717) is 17.7 Å². The molecule has 0 saturated carbocycles. The van der Waals surface area contributed by atoms with Gasteiger partial charge in [0.15, 0.2) is 28.1 Å². The first-order valence-electron chi connectivity index (χ1n) is 7.85. The second-order valence-corrected chi connectivity index (χ2v) is 14.5. The van der Waals surface area contributed by atoms with Crippen LogP contribution >= 0.6 is 11.8 Å². The molecule has 1 aromatic rings. The van der Waals surface area contributed by atoms with Gasteiger partial charge in [0.05, 0.1) is 26.2 Å². The number of sulfone groups is 1. The number of benzene rings is 1. The van der Waals surface area contributed by atoms with Gasteiger partial charge in [0.1, 0.15) is 0 Å². The Morgan fingerprint density at radius 3 is 1.70 bits per heavy atom. The largest absolute Gasteiger partial charge is 0.748 e. The highest BCUT2D eigenvalue weighted by molar-refractivity contribution is 8.62. The summed E-state index contributed by atoms with van der Waals surface area (Å²) in [6, 6.07) is 5.82. The Kier molecular flexibility index (Phi) is 11.4. The zero-order valence-electron chi connectivity index (χ0n) is 15.4. The predicted octanol–water partition coefficient (Wildman–Crippen LogP) is -0.999. The molecule has 0 aliphatic carbocycles. The molecule has 1 unspecified atom stereocenters. The van der Waals surface area contributed by atoms with E-state index in [1.807, 2.05) is 6.92 Å². The maximum absolute atomic E-state index is 12.1. The molecule has 0 radical (unpaired) electrons. The van der Waals surface area contributed by atoms with Crippen molar-refractivity contribution in [1.29, 1.82) is 0 Å². The molecule has 0 aliphatic heterocycles. The fraction of sp³-hybridized carbons (Fsp3) is 0.538. The van der Waals surface area contributed by atoms with E-state index < -0.39 is 49.4 Å². The van der Waals surface area contributed by atoms with Crippen molar-refractivity contribution in [1.82, 2.24) is 0 Å². The quantitative estimate of drug-likeness (QED) is 0.219. The molecular formula is C13H19O12S5-3. The fourth-order valence-corrected chi connectivity index (χ4v) is 4.68. The Balaban J connectivity index is 0.000000890. The molecule has 0 saturated heterocycles. The topological polar surface area (TPSA) is 226 Å². The van der Waals surface area contributed by atoms with E-state index in [9.17, 15) is 52.4 Å². The number of aliphatic hydroxyl groups is 1. The Morgan fingerprint density at radius 2 is 1.33 bits per heavy atom. The van der Waals surface area contributed by atoms with Crippen molar-refractivity contribution in [2.45, 2.75) is 30.1 Å². The van der Waals surface area contributed by atoms with Crippen LogP contribution in [0.1, 0.15) is 18.9 Å². The number of hydrogen-bond acceptors (Lipinski definition) is 13. The number of hydrogen-bond donors (Lipinski definition) is 1. The van der Waals surface area contributed by atoms with Gasteiger partial charge in [-0.1, -0.05) is 19.1 Å². The third kappa shape index (κ3) is 12.2. The van der Waals surface area contributed by atoms with Crippen LogP contribution in [0.4, 0.5) is 0 Å². The summed E-state index contributed by atoms with van der Waals surface area (Å²) in [6.07, 6.45) is 0.618. The number of thioether (sulfide) groups is 1. The normalized spacial score (nSPS) is 13.9. The van der Waals surface area contributed by atoms with E-state index in [2.05, 4.69) is 0 Å². The third-order valence-corrected chi connectivity index (χ3v) is 9.04. The molecule has 0 fully saturated rings. The Hall–Kier alpha value is -0.790. The Morgan fingerprint density at radius 1 is 0.867 bits per heavy atom. The molecule has 0 bridgehead atoms. The molecular weight excluding hydrogens is 508 g/mol. The van der Waals surface area contributed by atoms with Gasteiger partial charge in [-0.15, -0.1) is 11.8 Å². The van der Waals surface area contributed by atoms with E-state index in [1.54, 1.807) is 0 Å². The summed E-state index contributed by atoms with van der Waals surface area (Å²) < 4.78 is 111. The summed E-state index contributed by atoms with van der Waals surface area (Å²) >= 11 is 1.19. The zero-order valence-corrected chi connectivity index (χ0v) is 19.5. The molecule has 0 heterocycles. The van der Waals surface area contributed by atoms with Gasteiger partial charge in [0.2, 0.25) is 0 Å². The van der Waals surface area contributed by atoms with E-state index >= 15 is 0 Å². The van der Waals surface area contributed by atoms with Crippen molar-refractivity contribution in [3.8, 4) is 0 Å². The second kappa shape index (κ2) is 11.7. The lowest BCUT2D eigenvalue weighted by molar-refractivity contribution is 0.259. The van der Waals surface area contributed by atoms with Gasteiger partial charge in [-0.05, 0) is 30.5 Å². The monoisotopic (exact) mass is 527 g/mol. The van der Waals surface area contributed by atoms with Gasteiger partial charge in [0, 0.05) is 11.5 Å². The Labute approximate surface area is 179 Å². The summed E-state index contributed by atoms with van der Waals surface area (Å²) in [5.41, 5.74) is 0.0285. The predicted molar refractivity (Wildman–Crippen MR) is 105 cm³/mol. The van der Waals surface area contributed by atoms with Crippen LogP contribution in [0.3, 0.4) is 0 Å². The fourth-order valence-electron chi connectivity index (χ4n) is 1.64. The van der Waals surface area contributed by atoms with Crippen LogP contribution in [0.5, 0.6) is 0 Å². The highest BCUT2D eigenvalue weighted by Gasteiger charge is 2.15. The first kappa shape index (κ1) is 29.2. The summed E-state index contributed by atoms with van der Waals surface area (Å²) in [6.45, 7) is 1.81. The van der Waals surface area contributed by atoms with Crippen LogP contribution in [-0.4, -0.2) is 75.1 Å². The molecule has 17 heteroatoms. The highest BCUT2D eigenvalue weighted by Crippen LogP contribution is 2.17. The van der Waals surface area contributed by atoms with Crippen molar-refractivity contribution in [2.75, 3.05) is 17.3 Å². The van der Waals surface area contributed by atoms with Crippen molar-refractivity contribution in [3.63, 3.8) is 0 Å². The molecule has 0 aliphatic rings. The minimum absolute atomic E-state index is 0.0602. The lowest BCUT2D eigenvalue weighted by Gasteiger charge is -2.09. The summed E-state index contributed by atoms with van der Waals surface area (Å²) in [7, 11) is -19.1. The van der Waals surface area contributed by atoms with Gasteiger partial charge in [0.25, 0.3) is 0 Å². The minimum atomic E-state index is -5.67. The zero-order chi connectivity index (χ0) is 23.8. The average Bonchev–Trinajstić information content (AvgIpc) is 2.58. The molecule has 12 nitrogen and oxygen atoms in total. The second-order valence-electron chi connectivity index (χ2n) is 5.52. The molecule has 0 spiro atoms. The van der Waals surface area contributed by atoms with Crippen LogP contribution in [0, 0.1) is 0 Å². The van der Waals surface area contributed by atoms with Crippen molar-refractivity contribution >= 4 is 50.0 Å². The average molecular weight is 528 g/mol. The first-order valence-corrected chi connectivity index (χ1v) is 15.5. The number of aryl methyl sites for hydroxylation is 1. The lowest BCUT2D eigenvalue weighted by Crippen LogP contribution is -2.12. The Bertz CT molecular complexity index is 1060. The lowest BCUT2D eigenvalue weighted by atomic mass is 10.2. The standard InChI is InChI=1S/C13H20O6S3.H2O6S2/c1-2-13(14)20-8-10-21(15,16)12-5-3-11(4-6-12)7-9-22(17,18)19;1-7(2,3)8(4,5)6/h3-6,13-14H,2,7-10H2,1H3,(H,17,18,19);(H,1,2,3)(H,4,5,6)/p-3. The molecule has 1 rings (SSSR count). The first-order chi connectivity index (χ1) is 13.4. The summed E-state index contributed by atoms with van der Waals surface area (Å²) in [5.74, 6) is -0.291. The molecule has 30 heavy (non-hydrogen) atoms. The highest BCUT2D eigenvalue weighted by atomic mass is 33.2. The maximum atomic E-state index is 12.1. The van der Waals surface area contributed by atoms with E-state index in [4.69, 9.17) is 0 Å². The molecule has 1 aromatic carbocycles. The molecule has 0 amide bonds. The molecule has 1 N–H and O–H groups in total. The van der Waals surface area contributed by atoms with Crippen molar-refractivity contribution < 1.29 is 52.4 Å². The van der Waals surface area contributed by atoms with Crippen molar-refractivity contribution in [2.24, 2.45) is 0 Å². The van der Waals surface area contributed by atoms with Crippen molar-refractivity contribution in [3.05, 3.63) is 29.8 Å². The summed E-state index contributed by atoms with van der Waals surface area (Å²) in [4.78, 5) is 0.146. The smallest absolute Gasteiger partial charge is 0.191 e. The van der Waals surface area contributed by atoms with Gasteiger partial charge < -0.3 is 18.8 Å². The maximum Gasteiger partial charge on any atom is 0.191 e. The summed E-state index contributed by atoms with van der Waals surface area (Å²) in [5, 5.41) is 9.38. The van der Waals surface area contributed by atoms with Gasteiger partial charge in [-0.2, -0.15) is 0 Å². The number of rotatable bonds is 10. The van der Waals surface area contributed by atoms with Gasteiger partial charge >= 0.3 is 0 Å². The van der Waals surface area contributed by atoms with Crippen LogP contribution < -0.4 is 0 Å². The van der Waals surface area contributed by atoms with E-state index in [0.717, 1.165) is 0 Å². The van der Waals surface area contributed by atoms with E-state index in [-0.39, 0.29) is 17.1 Å². The SMILES string of the molecule is CCC(O)SCCS(=O)(=O)c1ccc(CCS(=O)(=O)[O-])cc1.O=S(=O)([O-])S(=O)(=O)[O-].